The lowest BCUT2D eigenvalue weighted by molar-refractivity contribution is -0.128. The molecule has 156 valence electrons. The third kappa shape index (κ3) is 4.46. The van der Waals surface area contributed by atoms with Gasteiger partial charge < -0.3 is 4.74 Å². The molecule has 0 saturated carbocycles. The summed E-state index contributed by atoms with van der Waals surface area (Å²) >= 11 is 5.89. The van der Waals surface area contributed by atoms with Crippen molar-refractivity contribution in [2.24, 2.45) is 0 Å². The molecule has 0 amide bonds. The van der Waals surface area contributed by atoms with Crippen LogP contribution in [0.3, 0.4) is 0 Å². The Hall–Kier alpha value is -2.37. The summed E-state index contributed by atoms with van der Waals surface area (Å²) in [6.45, 7) is 1.50. The molecule has 0 spiro atoms. The van der Waals surface area contributed by atoms with Gasteiger partial charge in [0.15, 0.2) is 10.7 Å². The number of ether oxygens (including phenoxy) is 1. The van der Waals surface area contributed by atoms with Crippen molar-refractivity contribution in [2.45, 2.75) is 24.5 Å². The number of hydrogen-bond donors (Lipinski definition) is 1. The molecule has 12 heteroatoms. The van der Waals surface area contributed by atoms with E-state index in [0.29, 0.717) is 16.1 Å². The molecular weight excluding hydrogens is 433 g/mol. The number of aromatic nitrogens is 3. The summed E-state index contributed by atoms with van der Waals surface area (Å²) in [6, 6.07) is 8.02. The van der Waals surface area contributed by atoms with Crippen LogP contribution in [-0.4, -0.2) is 42.8 Å². The van der Waals surface area contributed by atoms with Crippen LogP contribution >= 0.6 is 11.6 Å². The van der Waals surface area contributed by atoms with Gasteiger partial charge in [-0.05, 0) is 23.8 Å². The average molecular weight is 449 g/mol. The standard InChI is InChI=1S/C17H16ClF3N4O3S/c1-3-22-29(26,27)16-13(9-17(19,20)21)23-14-8-12(15(28-2)24-25(14)16)10-4-6-11(18)7-5-10/h4-8,22H,3,9H2,1-2H3. The first kappa shape index (κ1) is 21.3. The summed E-state index contributed by atoms with van der Waals surface area (Å²) in [4.78, 5) is 3.91. The van der Waals surface area contributed by atoms with Gasteiger partial charge in [0.1, 0.15) is 0 Å². The van der Waals surface area contributed by atoms with Crippen molar-refractivity contribution in [3.63, 3.8) is 0 Å². The minimum Gasteiger partial charge on any atom is -0.480 e. The van der Waals surface area contributed by atoms with Gasteiger partial charge in [-0.25, -0.2) is 18.1 Å². The van der Waals surface area contributed by atoms with E-state index < -0.39 is 33.3 Å². The molecule has 29 heavy (non-hydrogen) atoms. The number of rotatable bonds is 6. The highest BCUT2D eigenvalue weighted by Crippen LogP contribution is 2.33. The molecule has 0 aliphatic heterocycles. The van der Waals surface area contributed by atoms with Gasteiger partial charge in [0.2, 0.25) is 5.88 Å². The van der Waals surface area contributed by atoms with E-state index in [1.54, 1.807) is 24.3 Å². The van der Waals surface area contributed by atoms with Crippen LogP contribution in [-0.2, 0) is 16.4 Å². The first-order valence-electron chi connectivity index (χ1n) is 8.34. The monoisotopic (exact) mass is 448 g/mol. The van der Waals surface area contributed by atoms with Gasteiger partial charge in [0, 0.05) is 17.1 Å². The third-order valence-electron chi connectivity index (χ3n) is 3.91. The molecule has 0 atom stereocenters. The molecule has 0 aliphatic carbocycles. The number of hydrogen-bond acceptors (Lipinski definition) is 5. The predicted octanol–water partition coefficient (Wildman–Crippen LogP) is 3.46. The molecule has 2 heterocycles. The van der Waals surface area contributed by atoms with Crippen LogP contribution in [0.15, 0.2) is 35.4 Å². The van der Waals surface area contributed by atoms with Gasteiger partial charge in [-0.1, -0.05) is 30.7 Å². The molecule has 2 aromatic heterocycles. The van der Waals surface area contributed by atoms with Gasteiger partial charge in [0.25, 0.3) is 10.0 Å². The third-order valence-corrected chi connectivity index (χ3v) is 5.74. The van der Waals surface area contributed by atoms with E-state index in [4.69, 9.17) is 16.3 Å². The zero-order valence-electron chi connectivity index (χ0n) is 15.3. The molecule has 0 unspecified atom stereocenters. The Morgan fingerprint density at radius 2 is 1.90 bits per heavy atom. The average Bonchev–Trinajstić information content (AvgIpc) is 2.96. The highest BCUT2D eigenvalue weighted by atomic mass is 35.5. The van der Waals surface area contributed by atoms with E-state index >= 15 is 0 Å². The number of halogens is 4. The molecule has 0 fully saturated rings. The Morgan fingerprint density at radius 1 is 1.24 bits per heavy atom. The number of fused-ring (bicyclic) bond motifs is 1. The van der Waals surface area contributed by atoms with Crippen LogP contribution in [0.5, 0.6) is 5.88 Å². The van der Waals surface area contributed by atoms with Gasteiger partial charge in [-0.15, -0.1) is 5.10 Å². The minimum atomic E-state index is -4.66. The lowest BCUT2D eigenvalue weighted by Gasteiger charge is -2.11. The number of sulfonamides is 1. The number of alkyl halides is 3. The van der Waals surface area contributed by atoms with Gasteiger partial charge in [0.05, 0.1) is 19.2 Å². The fraction of sp³-hybridized carbons (Fsp3) is 0.294. The van der Waals surface area contributed by atoms with Crippen molar-refractivity contribution >= 4 is 27.3 Å². The van der Waals surface area contributed by atoms with Gasteiger partial charge in [-0.2, -0.15) is 17.7 Å². The van der Waals surface area contributed by atoms with Gasteiger partial charge >= 0.3 is 6.18 Å². The Morgan fingerprint density at radius 3 is 2.45 bits per heavy atom. The Kier molecular flexibility index (Phi) is 5.74. The predicted molar refractivity (Wildman–Crippen MR) is 101 cm³/mol. The van der Waals surface area contributed by atoms with Crippen LogP contribution in [0.2, 0.25) is 5.02 Å². The van der Waals surface area contributed by atoms with Crippen LogP contribution in [0.1, 0.15) is 12.6 Å². The maximum absolute atomic E-state index is 13.0. The largest absolute Gasteiger partial charge is 0.480 e. The maximum Gasteiger partial charge on any atom is 0.394 e. The van der Waals surface area contributed by atoms with E-state index in [1.165, 1.54) is 20.1 Å². The smallest absolute Gasteiger partial charge is 0.394 e. The second-order valence-electron chi connectivity index (χ2n) is 6.00. The second kappa shape index (κ2) is 7.81. The Labute approximate surface area is 169 Å². The lowest BCUT2D eigenvalue weighted by Crippen LogP contribution is -2.27. The number of nitrogens with one attached hydrogen (secondary N) is 1. The molecule has 3 aromatic rings. The van der Waals surface area contributed by atoms with Crippen LogP contribution in [0.4, 0.5) is 13.2 Å². The van der Waals surface area contributed by atoms with E-state index in [9.17, 15) is 21.6 Å². The first-order chi connectivity index (χ1) is 13.6. The molecule has 0 aliphatic rings. The summed E-state index contributed by atoms with van der Waals surface area (Å²) < 4.78 is 72.5. The topological polar surface area (TPSA) is 85.6 Å². The highest BCUT2D eigenvalue weighted by molar-refractivity contribution is 7.89. The summed E-state index contributed by atoms with van der Waals surface area (Å²) in [5.74, 6) is 0.0173. The Bertz CT molecular complexity index is 1150. The first-order valence-corrected chi connectivity index (χ1v) is 10.2. The number of imidazole rings is 1. The van der Waals surface area contributed by atoms with Crippen LogP contribution in [0, 0.1) is 0 Å². The van der Waals surface area contributed by atoms with Crippen molar-refractivity contribution in [1.82, 2.24) is 19.3 Å². The number of nitrogens with zero attached hydrogens (tertiary/aromatic N) is 3. The SMILES string of the molecule is CCNS(=O)(=O)c1c(CC(F)(F)F)nc2cc(-c3ccc(Cl)cc3)c(OC)nn12. The van der Waals surface area contributed by atoms with Crippen LogP contribution < -0.4 is 9.46 Å². The molecule has 3 rings (SSSR count). The minimum absolute atomic E-state index is 0.0129. The zero-order chi connectivity index (χ0) is 21.4. The Balaban J connectivity index is 2.30. The molecule has 0 bridgehead atoms. The molecule has 0 saturated heterocycles. The van der Waals surface area contributed by atoms with Crippen molar-refractivity contribution in [1.29, 1.82) is 0 Å². The van der Waals surface area contributed by atoms with E-state index in [1.807, 2.05) is 0 Å². The van der Waals surface area contributed by atoms with E-state index in [2.05, 4.69) is 14.8 Å². The molecule has 1 N–H and O–H groups in total. The molecule has 7 nitrogen and oxygen atoms in total. The maximum atomic E-state index is 13.0. The summed E-state index contributed by atoms with van der Waals surface area (Å²) in [5.41, 5.74) is 0.332. The molecule has 1 aromatic carbocycles. The van der Waals surface area contributed by atoms with Crippen molar-refractivity contribution < 1.29 is 26.3 Å². The normalized spacial score (nSPS) is 12.5. The summed E-state index contributed by atoms with van der Waals surface area (Å²) in [6.07, 6.45) is -6.17. The van der Waals surface area contributed by atoms with Crippen molar-refractivity contribution in [3.05, 3.63) is 41.0 Å². The zero-order valence-corrected chi connectivity index (χ0v) is 16.9. The number of methoxy groups -OCH3 is 1. The number of benzene rings is 1. The second-order valence-corrected chi connectivity index (χ2v) is 8.12. The molecule has 0 radical (unpaired) electrons. The fourth-order valence-corrected chi connectivity index (χ4v) is 4.24. The van der Waals surface area contributed by atoms with Crippen molar-refractivity contribution in [3.8, 4) is 17.0 Å². The highest BCUT2D eigenvalue weighted by Gasteiger charge is 2.35. The summed E-state index contributed by atoms with van der Waals surface area (Å²) in [5, 5.41) is 3.93. The van der Waals surface area contributed by atoms with Crippen LogP contribution in [0.25, 0.3) is 16.8 Å². The lowest BCUT2D eigenvalue weighted by atomic mass is 10.1. The van der Waals surface area contributed by atoms with E-state index in [0.717, 1.165) is 4.52 Å². The fourth-order valence-electron chi connectivity index (χ4n) is 2.80. The molecular formula is C17H16ClF3N4O3S. The quantitative estimate of drug-likeness (QED) is 0.624. The van der Waals surface area contributed by atoms with Crippen molar-refractivity contribution in [2.75, 3.05) is 13.7 Å². The summed E-state index contributed by atoms with van der Waals surface area (Å²) in [7, 11) is -2.97. The van der Waals surface area contributed by atoms with Gasteiger partial charge in [-0.3, -0.25) is 0 Å². The van der Waals surface area contributed by atoms with E-state index in [-0.39, 0.29) is 18.1 Å².